The van der Waals surface area contributed by atoms with Crippen LogP contribution in [0.4, 0.5) is 4.39 Å². The van der Waals surface area contributed by atoms with Crippen molar-refractivity contribution in [2.45, 2.75) is 6.42 Å². The van der Waals surface area contributed by atoms with Gasteiger partial charge in [-0.2, -0.15) is 0 Å². The third-order valence-corrected chi connectivity index (χ3v) is 4.12. The summed E-state index contributed by atoms with van der Waals surface area (Å²) < 4.78 is 13.7. The molecule has 0 aliphatic rings. The molecule has 0 spiro atoms. The number of aromatic nitrogens is 2. The molecule has 0 aliphatic carbocycles. The van der Waals surface area contributed by atoms with E-state index in [0.717, 1.165) is 11.3 Å². The monoisotopic (exact) mass is 314 g/mol. The summed E-state index contributed by atoms with van der Waals surface area (Å²) in [6.07, 6.45) is 1.83. The van der Waals surface area contributed by atoms with Crippen LogP contribution < -0.4 is 0 Å². The fourth-order valence-electron chi connectivity index (χ4n) is 2.07. The van der Waals surface area contributed by atoms with E-state index in [2.05, 4.69) is 9.97 Å². The summed E-state index contributed by atoms with van der Waals surface area (Å²) in [7, 11) is 0. The highest BCUT2D eigenvalue weighted by molar-refractivity contribution is 7.14. The van der Waals surface area contributed by atoms with Crippen molar-refractivity contribution < 1.29 is 14.3 Å². The van der Waals surface area contributed by atoms with E-state index >= 15 is 0 Å². The van der Waals surface area contributed by atoms with E-state index in [0.29, 0.717) is 22.0 Å². The Bertz CT molecular complexity index is 818. The second-order valence-electron chi connectivity index (χ2n) is 4.57. The van der Waals surface area contributed by atoms with Crippen LogP contribution in [-0.4, -0.2) is 21.0 Å². The molecule has 110 valence electrons. The van der Waals surface area contributed by atoms with E-state index in [9.17, 15) is 14.3 Å². The first-order chi connectivity index (χ1) is 10.6. The minimum Gasteiger partial charge on any atom is -0.477 e. The summed E-state index contributed by atoms with van der Waals surface area (Å²) in [5, 5.41) is 9.87. The highest BCUT2D eigenvalue weighted by Gasteiger charge is 2.20. The largest absolute Gasteiger partial charge is 0.477 e. The lowest BCUT2D eigenvalue weighted by Gasteiger charge is -1.99. The maximum atomic E-state index is 13.7. The molecule has 2 heterocycles. The Morgan fingerprint density at radius 1 is 1.18 bits per heavy atom. The number of hydrogen-bond acceptors (Lipinski definition) is 4. The molecule has 1 N–H and O–H groups in total. The standard InChI is InChI=1S/C16H11FN2O2S/c17-11-6-2-1-5-10(11)9-13-19-14(15(22-13)16(20)21)12-7-3-4-8-18-12/h1-8H,9H2,(H,20,21). The van der Waals surface area contributed by atoms with Crippen LogP contribution in [0.3, 0.4) is 0 Å². The Balaban J connectivity index is 2.01. The highest BCUT2D eigenvalue weighted by atomic mass is 32.1. The molecule has 6 heteroatoms. The molecule has 0 saturated carbocycles. The SMILES string of the molecule is O=C(O)c1sc(Cc2ccccc2F)nc1-c1ccccn1. The summed E-state index contributed by atoms with van der Waals surface area (Å²) in [5.41, 5.74) is 1.31. The second-order valence-corrected chi connectivity index (χ2v) is 5.66. The molecular weight excluding hydrogens is 303 g/mol. The van der Waals surface area contributed by atoms with Crippen molar-refractivity contribution in [3.63, 3.8) is 0 Å². The maximum Gasteiger partial charge on any atom is 0.348 e. The molecule has 3 aromatic rings. The van der Waals surface area contributed by atoms with Crippen LogP contribution in [0.5, 0.6) is 0 Å². The zero-order valence-corrected chi connectivity index (χ0v) is 12.2. The van der Waals surface area contributed by atoms with Crippen LogP contribution in [0.2, 0.25) is 0 Å². The lowest BCUT2D eigenvalue weighted by atomic mass is 10.1. The Morgan fingerprint density at radius 3 is 2.64 bits per heavy atom. The predicted molar refractivity (Wildman–Crippen MR) is 81.5 cm³/mol. The molecule has 1 aromatic carbocycles. The Hall–Kier alpha value is -2.60. The van der Waals surface area contributed by atoms with Crippen LogP contribution in [0, 0.1) is 5.82 Å². The van der Waals surface area contributed by atoms with Gasteiger partial charge >= 0.3 is 5.97 Å². The van der Waals surface area contributed by atoms with Crippen LogP contribution in [0.1, 0.15) is 20.2 Å². The number of carboxylic acids is 1. The third kappa shape index (κ3) is 2.87. The zero-order chi connectivity index (χ0) is 15.5. The van der Waals surface area contributed by atoms with Gasteiger partial charge in [0.25, 0.3) is 0 Å². The first kappa shape index (κ1) is 14.3. The molecule has 0 amide bonds. The number of benzene rings is 1. The molecule has 0 atom stereocenters. The summed E-state index contributed by atoms with van der Waals surface area (Å²) in [6.45, 7) is 0. The number of pyridine rings is 1. The van der Waals surface area contributed by atoms with Crippen molar-refractivity contribution in [1.29, 1.82) is 0 Å². The quantitative estimate of drug-likeness (QED) is 0.798. The van der Waals surface area contributed by atoms with Gasteiger partial charge in [-0.05, 0) is 23.8 Å². The van der Waals surface area contributed by atoms with Crippen LogP contribution in [-0.2, 0) is 6.42 Å². The van der Waals surface area contributed by atoms with E-state index in [1.165, 1.54) is 6.07 Å². The summed E-state index contributed by atoms with van der Waals surface area (Å²) in [4.78, 5) is 20.0. The van der Waals surface area contributed by atoms with Crippen molar-refractivity contribution in [2.75, 3.05) is 0 Å². The van der Waals surface area contributed by atoms with E-state index in [1.807, 2.05) is 0 Å². The number of carbonyl (C=O) groups is 1. The number of hydrogen-bond donors (Lipinski definition) is 1. The number of halogens is 1. The van der Waals surface area contributed by atoms with Gasteiger partial charge in [0, 0.05) is 12.6 Å². The molecule has 0 fully saturated rings. The number of carboxylic acid groups (broad SMARTS) is 1. The topological polar surface area (TPSA) is 63.1 Å². The van der Waals surface area contributed by atoms with Gasteiger partial charge in [0.15, 0.2) is 0 Å². The number of aromatic carboxylic acids is 1. The van der Waals surface area contributed by atoms with Crippen molar-refractivity contribution in [2.24, 2.45) is 0 Å². The van der Waals surface area contributed by atoms with E-state index < -0.39 is 5.97 Å². The molecule has 22 heavy (non-hydrogen) atoms. The van der Waals surface area contributed by atoms with Crippen molar-refractivity contribution in [3.05, 3.63) is 69.9 Å². The van der Waals surface area contributed by atoms with Gasteiger partial charge < -0.3 is 5.11 Å². The Labute approximate surface area is 129 Å². The maximum absolute atomic E-state index is 13.7. The smallest absolute Gasteiger partial charge is 0.348 e. The molecule has 0 unspecified atom stereocenters. The lowest BCUT2D eigenvalue weighted by Crippen LogP contribution is -1.96. The highest BCUT2D eigenvalue weighted by Crippen LogP contribution is 2.28. The van der Waals surface area contributed by atoms with Crippen molar-refractivity contribution >= 4 is 17.3 Å². The van der Waals surface area contributed by atoms with Gasteiger partial charge in [-0.1, -0.05) is 24.3 Å². The minimum atomic E-state index is -1.06. The summed E-state index contributed by atoms with van der Waals surface area (Å²) in [6, 6.07) is 11.6. The van der Waals surface area contributed by atoms with E-state index in [1.54, 1.807) is 42.6 Å². The Kier molecular flexibility index (Phi) is 3.93. The van der Waals surface area contributed by atoms with E-state index in [-0.39, 0.29) is 17.1 Å². The number of rotatable bonds is 4. The molecule has 0 aliphatic heterocycles. The first-order valence-corrected chi connectivity index (χ1v) is 7.34. The van der Waals surface area contributed by atoms with Crippen LogP contribution in [0.15, 0.2) is 48.7 Å². The molecule has 0 bridgehead atoms. The number of thiazole rings is 1. The molecule has 3 rings (SSSR count). The number of nitrogens with zero attached hydrogens (tertiary/aromatic N) is 2. The molecule has 0 saturated heterocycles. The molecule has 2 aromatic heterocycles. The van der Waals surface area contributed by atoms with Crippen LogP contribution in [0.25, 0.3) is 11.4 Å². The van der Waals surface area contributed by atoms with Gasteiger partial charge in [-0.15, -0.1) is 11.3 Å². The van der Waals surface area contributed by atoms with Gasteiger partial charge in [0.1, 0.15) is 16.4 Å². The summed E-state index contributed by atoms with van der Waals surface area (Å²) in [5.74, 6) is -1.38. The predicted octanol–water partition coefficient (Wildman–Crippen LogP) is 3.63. The van der Waals surface area contributed by atoms with Gasteiger partial charge in [-0.3, -0.25) is 4.98 Å². The third-order valence-electron chi connectivity index (χ3n) is 3.07. The second kappa shape index (κ2) is 6.03. The van der Waals surface area contributed by atoms with Crippen molar-refractivity contribution in [1.82, 2.24) is 9.97 Å². The van der Waals surface area contributed by atoms with Crippen LogP contribution >= 0.6 is 11.3 Å². The molecular formula is C16H11FN2O2S. The van der Waals surface area contributed by atoms with E-state index in [4.69, 9.17) is 0 Å². The fourth-order valence-corrected chi connectivity index (χ4v) is 3.00. The van der Waals surface area contributed by atoms with Gasteiger partial charge in [0.2, 0.25) is 0 Å². The van der Waals surface area contributed by atoms with Crippen molar-refractivity contribution in [3.8, 4) is 11.4 Å². The average Bonchev–Trinajstić information content (AvgIpc) is 2.95. The summed E-state index contributed by atoms with van der Waals surface area (Å²) >= 11 is 1.05. The Morgan fingerprint density at radius 2 is 1.95 bits per heavy atom. The fraction of sp³-hybridized carbons (Fsp3) is 0.0625. The lowest BCUT2D eigenvalue weighted by molar-refractivity contribution is 0.0702. The van der Waals surface area contributed by atoms with Gasteiger partial charge in [-0.25, -0.2) is 14.2 Å². The molecule has 4 nitrogen and oxygen atoms in total. The van der Waals surface area contributed by atoms with Gasteiger partial charge in [0.05, 0.1) is 10.7 Å². The first-order valence-electron chi connectivity index (χ1n) is 6.53. The normalized spacial score (nSPS) is 10.6. The molecule has 0 radical (unpaired) electrons. The zero-order valence-electron chi connectivity index (χ0n) is 11.4. The minimum absolute atomic E-state index is 0.116. The average molecular weight is 314 g/mol.